The normalized spacial score (nSPS) is 16.4. The van der Waals surface area contributed by atoms with Crippen LogP contribution in [0.5, 0.6) is 0 Å². The van der Waals surface area contributed by atoms with Crippen LogP contribution in [0, 0.1) is 6.92 Å². The fourth-order valence-electron chi connectivity index (χ4n) is 2.87. The molecule has 1 saturated carbocycles. The van der Waals surface area contributed by atoms with E-state index in [-0.39, 0.29) is 12.0 Å². The number of benzene rings is 1. The molecule has 23 heavy (non-hydrogen) atoms. The van der Waals surface area contributed by atoms with E-state index in [2.05, 4.69) is 21.0 Å². The molecule has 0 spiro atoms. The zero-order chi connectivity index (χ0) is 16.1. The fraction of sp³-hybridized carbons (Fsp3) is 0.500. The van der Waals surface area contributed by atoms with Gasteiger partial charge in [0, 0.05) is 6.42 Å². The van der Waals surface area contributed by atoms with Crippen LogP contribution in [-0.4, -0.2) is 32.2 Å². The fourth-order valence-corrected chi connectivity index (χ4v) is 2.87. The smallest absolute Gasteiger partial charge is 0.268 e. The summed E-state index contributed by atoms with van der Waals surface area (Å²) in [6.45, 7) is 1.78. The summed E-state index contributed by atoms with van der Waals surface area (Å²) in [7, 11) is 0. The molecule has 1 aromatic carbocycles. The summed E-state index contributed by atoms with van der Waals surface area (Å²) in [6, 6.07) is 9.28. The quantitative estimate of drug-likeness (QED) is 0.821. The maximum atomic E-state index is 12.6. The number of rotatable bonds is 6. The number of carbonyl (C=O) groups excluding carboxylic acids is 1. The molecule has 1 aliphatic carbocycles. The minimum Gasteiger partial charge on any atom is -0.270 e. The van der Waals surface area contributed by atoms with E-state index in [0.29, 0.717) is 12.2 Å². The number of hydrogen-bond acceptors (Lipinski definition) is 5. The van der Waals surface area contributed by atoms with Crippen LogP contribution in [-0.2, 0) is 16.1 Å². The molecule has 1 fully saturated rings. The van der Waals surface area contributed by atoms with Crippen LogP contribution in [0.15, 0.2) is 30.3 Å². The van der Waals surface area contributed by atoms with E-state index in [1.54, 1.807) is 11.6 Å². The molecular formula is C16H21N5O2. The first-order valence-corrected chi connectivity index (χ1v) is 7.98. The number of hydrogen-bond donors (Lipinski definition) is 1. The maximum absolute atomic E-state index is 12.6. The van der Waals surface area contributed by atoms with Gasteiger partial charge in [0.05, 0.1) is 6.10 Å². The lowest BCUT2D eigenvalue weighted by Gasteiger charge is -2.19. The van der Waals surface area contributed by atoms with Crippen molar-refractivity contribution in [2.45, 2.75) is 51.2 Å². The lowest BCUT2D eigenvalue weighted by Crippen LogP contribution is -2.37. The van der Waals surface area contributed by atoms with Crippen LogP contribution in [0.2, 0.25) is 0 Å². The first-order chi connectivity index (χ1) is 11.2. The molecule has 1 aromatic heterocycles. The Bertz CT molecular complexity index is 637. The highest BCUT2D eigenvalue weighted by atomic mass is 16.7. The van der Waals surface area contributed by atoms with E-state index in [1.165, 1.54) is 0 Å². The second kappa shape index (κ2) is 7.32. The Balaban J connectivity index is 1.71. The second-order valence-corrected chi connectivity index (χ2v) is 5.87. The number of aromatic nitrogens is 4. The molecule has 1 unspecified atom stereocenters. The molecule has 0 saturated heterocycles. The van der Waals surface area contributed by atoms with Crippen LogP contribution in [0.25, 0.3) is 0 Å². The number of tetrazole rings is 1. The monoisotopic (exact) mass is 315 g/mol. The Labute approximate surface area is 135 Å². The van der Waals surface area contributed by atoms with Crippen LogP contribution in [0.4, 0.5) is 0 Å². The van der Waals surface area contributed by atoms with E-state index in [0.717, 1.165) is 31.2 Å². The van der Waals surface area contributed by atoms with Gasteiger partial charge in [-0.25, -0.2) is 10.2 Å². The first kappa shape index (κ1) is 15.6. The third-order valence-electron chi connectivity index (χ3n) is 4.16. The van der Waals surface area contributed by atoms with Crippen molar-refractivity contribution in [3.05, 3.63) is 41.7 Å². The van der Waals surface area contributed by atoms with Gasteiger partial charge in [-0.05, 0) is 35.8 Å². The van der Waals surface area contributed by atoms with Gasteiger partial charge >= 0.3 is 0 Å². The summed E-state index contributed by atoms with van der Waals surface area (Å²) in [5, 5.41) is 11.5. The predicted octanol–water partition coefficient (Wildman–Crippen LogP) is 1.76. The summed E-state index contributed by atoms with van der Waals surface area (Å²) in [6.07, 6.45) is 4.92. The van der Waals surface area contributed by atoms with Gasteiger partial charge in [0.25, 0.3) is 5.91 Å². The molecule has 0 radical (unpaired) electrons. The molecule has 1 aliphatic rings. The summed E-state index contributed by atoms with van der Waals surface area (Å²) < 4.78 is 1.54. The van der Waals surface area contributed by atoms with Crippen molar-refractivity contribution < 1.29 is 9.63 Å². The summed E-state index contributed by atoms with van der Waals surface area (Å²) in [5.74, 6) is 0.373. The zero-order valence-corrected chi connectivity index (χ0v) is 13.2. The molecule has 7 nitrogen and oxygen atoms in total. The largest absolute Gasteiger partial charge is 0.270 e. The van der Waals surface area contributed by atoms with E-state index in [1.807, 2.05) is 30.3 Å². The summed E-state index contributed by atoms with van der Waals surface area (Å²) >= 11 is 0. The molecule has 1 heterocycles. The van der Waals surface area contributed by atoms with Crippen LogP contribution in [0.3, 0.4) is 0 Å². The molecule has 1 N–H and O–H groups in total. The highest BCUT2D eigenvalue weighted by Gasteiger charge is 2.26. The molecular weight excluding hydrogens is 294 g/mol. The highest BCUT2D eigenvalue weighted by molar-refractivity contribution is 5.79. The van der Waals surface area contributed by atoms with Gasteiger partial charge in [-0.3, -0.25) is 9.63 Å². The topological polar surface area (TPSA) is 81.9 Å². The van der Waals surface area contributed by atoms with Gasteiger partial charge in [-0.1, -0.05) is 43.2 Å². The Morgan fingerprint density at radius 1 is 1.35 bits per heavy atom. The molecule has 3 rings (SSSR count). The number of nitrogens with one attached hydrogen (secondary N) is 1. The number of aryl methyl sites for hydroxylation is 1. The van der Waals surface area contributed by atoms with Crippen molar-refractivity contribution in [1.82, 2.24) is 25.7 Å². The third kappa shape index (κ3) is 3.92. The second-order valence-electron chi connectivity index (χ2n) is 5.87. The Kier molecular flexibility index (Phi) is 4.97. The van der Waals surface area contributed by atoms with Crippen LogP contribution < -0.4 is 5.48 Å². The average molecular weight is 315 g/mol. The summed E-state index contributed by atoms with van der Waals surface area (Å²) in [5.41, 5.74) is 3.65. The molecule has 7 heteroatoms. The van der Waals surface area contributed by atoms with E-state index in [9.17, 15) is 4.79 Å². The Morgan fingerprint density at radius 2 is 2.09 bits per heavy atom. The molecule has 2 aromatic rings. The summed E-state index contributed by atoms with van der Waals surface area (Å²) in [4.78, 5) is 18.1. The lowest BCUT2D eigenvalue weighted by molar-refractivity contribution is -0.142. The van der Waals surface area contributed by atoms with Gasteiger partial charge in [-0.15, -0.1) is 5.10 Å². The van der Waals surface area contributed by atoms with Gasteiger partial charge in [-0.2, -0.15) is 0 Å². The van der Waals surface area contributed by atoms with Gasteiger partial charge in [0.1, 0.15) is 11.9 Å². The number of hydroxylamine groups is 1. The third-order valence-corrected chi connectivity index (χ3v) is 4.16. The minimum absolute atomic E-state index is 0.117. The minimum atomic E-state index is -0.534. The van der Waals surface area contributed by atoms with Crippen molar-refractivity contribution in [2.75, 3.05) is 0 Å². The molecule has 1 atom stereocenters. The highest BCUT2D eigenvalue weighted by Crippen LogP contribution is 2.21. The van der Waals surface area contributed by atoms with Crippen molar-refractivity contribution in [2.24, 2.45) is 0 Å². The first-order valence-electron chi connectivity index (χ1n) is 7.98. The van der Waals surface area contributed by atoms with Gasteiger partial charge < -0.3 is 0 Å². The molecule has 1 amide bonds. The predicted molar refractivity (Wildman–Crippen MR) is 83.2 cm³/mol. The van der Waals surface area contributed by atoms with Gasteiger partial charge in [0.2, 0.25) is 0 Å². The van der Waals surface area contributed by atoms with E-state index < -0.39 is 6.04 Å². The van der Waals surface area contributed by atoms with Crippen molar-refractivity contribution in [1.29, 1.82) is 0 Å². The van der Waals surface area contributed by atoms with Crippen molar-refractivity contribution in [3.8, 4) is 0 Å². The van der Waals surface area contributed by atoms with Gasteiger partial charge in [0.15, 0.2) is 0 Å². The van der Waals surface area contributed by atoms with Crippen LogP contribution in [0.1, 0.15) is 43.1 Å². The van der Waals surface area contributed by atoms with E-state index in [4.69, 9.17) is 4.84 Å². The number of amides is 1. The zero-order valence-electron chi connectivity index (χ0n) is 13.2. The standard InChI is InChI=1S/C16H21N5O2/c1-12-17-19-20-21(12)15(11-13-7-3-2-4-8-13)16(22)18-23-14-9-5-6-10-14/h2-4,7-8,14-15H,5-6,9-11H2,1H3,(H,18,22). The average Bonchev–Trinajstić information content (AvgIpc) is 3.23. The number of nitrogens with zero attached hydrogens (tertiary/aromatic N) is 4. The Hall–Kier alpha value is -2.28. The van der Waals surface area contributed by atoms with Crippen molar-refractivity contribution in [3.63, 3.8) is 0 Å². The van der Waals surface area contributed by atoms with Crippen molar-refractivity contribution >= 4 is 5.91 Å². The molecule has 0 bridgehead atoms. The maximum Gasteiger partial charge on any atom is 0.268 e. The number of carbonyl (C=O) groups is 1. The Morgan fingerprint density at radius 3 is 2.74 bits per heavy atom. The lowest BCUT2D eigenvalue weighted by atomic mass is 10.1. The molecule has 0 aliphatic heterocycles. The molecule has 122 valence electrons. The van der Waals surface area contributed by atoms with Crippen LogP contribution >= 0.6 is 0 Å². The van der Waals surface area contributed by atoms with E-state index >= 15 is 0 Å². The SMILES string of the molecule is Cc1nnnn1C(Cc1ccccc1)C(=O)NOC1CCCC1.